The third-order valence-electron chi connectivity index (χ3n) is 4.78. The Bertz CT molecular complexity index is 556. The molecule has 0 aliphatic heterocycles. The molecule has 0 heterocycles. The molecule has 1 aliphatic carbocycles. The molecule has 0 amide bonds. The molecule has 1 aromatic rings. The minimum atomic E-state index is -0.308. The Morgan fingerprint density at radius 2 is 2.00 bits per heavy atom. The monoisotopic (exact) mass is 332 g/mol. The molecule has 1 saturated carbocycles. The van der Waals surface area contributed by atoms with Crippen molar-refractivity contribution >= 4 is 17.5 Å². The van der Waals surface area contributed by atoms with Gasteiger partial charge < -0.3 is 4.74 Å². The van der Waals surface area contributed by atoms with E-state index in [9.17, 15) is 5.26 Å². The van der Waals surface area contributed by atoms with Gasteiger partial charge in [0.05, 0.1) is 24.0 Å². The number of hydrogen-bond donors (Lipinski definition) is 1. The van der Waals surface area contributed by atoms with Crippen molar-refractivity contribution in [3.63, 3.8) is 0 Å². The number of nitriles is 1. The fourth-order valence-corrected chi connectivity index (χ4v) is 3.62. The average molecular weight is 333 g/mol. The number of alkyl halides is 1. The van der Waals surface area contributed by atoms with E-state index in [0.29, 0.717) is 18.4 Å². The van der Waals surface area contributed by atoms with Crippen molar-refractivity contribution in [3.8, 4) is 6.07 Å². The minimum Gasteiger partial charge on any atom is -0.481 e. The van der Waals surface area contributed by atoms with Gasteiger partial charge in [-0.3, -0.25) is 5.41 Å². The van der Waals surface area contributed by atoms with Crippen molar-refractivity contribution in [2.45, 2.75) is 56.8 Å². The van der Waals surface area contributed by atoms with Crippen molar-refractivity contribution in [1.82, 2.24) is 0 Å². The van der Waals surface area contributed by atoms with Crippen LogP contribution < -0.4 is 0 Å². The molecule has 0 radical (unpaired) electrons. The highest BCUT2D eigenvalue weighted by molar-refractivity contribution is 6.17. The van der Waals surface area contributed by atoms with Gasteiger partial charge in [0.2, 0.25) is 0 Å². The molecule has 124 valence electrons. The van der Waals surface area contributed by atoms with E-state index in [1.807, 2.05) is 6.92 Å². The van der Waals surface area contributed by atoms with Gasteiger partial charge in [0, 0.05) is 5.88 Å². The van der Waals surface area contributed by atoms with Crippen LogP contribution in [-0.2, 0) is 10.2 Å². The molecule has 0 saturated heterocycles. The molecular weight excluding hydrogens is 308 g/mol. The van der Waals surface area contributed by atoms with Gasteiger partial charge in [-0.05, 0) is 43.7 Å². The van der Waals surface area contributed by atoms with Crippen molar-refractivity contribution in [3.05, 3.63) is 35.4 Å². The lowest BCUT2D eigenvalue weighted by Crippen LogP contribution is -2.20. The van der Waals surface area contributed by atoms with E-state index >= 15 is 0 Å². The zero-order valence-corrected chi connectivity index (χ0v) is 14.5. The topological polar surface area (TPSA) is 56.9 Å². The summed E-state index contributed by atoms with van der Waals surface area (Å²) in [6.45, 7) is 2.40. The molecule has 23 heavy (non-hydrogen) atoms. The minimum absolute atomic E-state index is 0.0515. The van der Waals surface area contributed by atoms with Gasteiger partial charge in [-0.25, -0.2) is 0 Å². The van der Waals surface area contributed by atoms with E-state index in [-0.39, 0.29) is 11.3 Å². The molecule has 1 aliphatic rings. The summed E-state index contributed by atoms with van der Waals surface area (Å²) < 4.78 is 5.41. The maximum atomic E-state index is 9.60. The average Bonchev–Trinajstić information content (AvgIpc) is 3.06. The lowest BCUT2D eigenvalue weighted by Gasteiger charge is -2.23. The molecule has 3 nitrogen and oxygen atoms in total. The second-order valence-electron chi connectivity index (χ2n) is 6.20. The Kier molecular flexibility index (Phi) is 6.47. The third-order valence-corrected chi connectivity index (χ3v) is 5.05. The highest BCUT2D eigenvalue weighted by Crippen LogP contribution is 2.41. The van der Waals surface area contributed by atoms with Gasteiger partial charge in [0.1, 0.15) is 0 Å². The van der Waals surface area contributed by atoms with Crippen LogP contribution in [0.2, 0.25) is 0 Å². The maximum Gasteiger partial charge on any atom is 0.188 e. The van der Waals surface area contributed by atoms with Gasteiger partial charge in [0.25, 0.3) is 0 Å². The van der Waals surface area contributed by atoms with Crippen LogP contribution in [0.5, 0.6) is 0 Å². The van der Waals surface area contributed by atoms with Gasteiger partial charge in [-0.15, -0.1) is 11.6 Å². The van der Waals surface area contributed by atoms with E-state index in [1.165, 1.54) is 0 Å². The summed E-state index contributed by atoms with van der Waals surface area (Å²) in [5.41, 5.74) is 1.88. The fourth-order valence-electron chi connectivity index (χ4n) is 3.46. The number of hydrogen-bond acceptors (Lipinski definition) is 3. The van der Waals surface area contributed by atoms with Crippen LogP contribution >= 0.6 is 11.6 Å². The van der Waals surface area contributed by atoms with Crippen molar-refractivity contribution in [2.24, 2.45) is 0 Å². The Morgan fingerprint density at radius 1 is 1.35 bits per heavy atom. The summed E-state index contributed by atoms with van der Waals surface area (Å²) >= 11 is 5.82. The normalized spacial score (nSPS) is 17.4. The standard InChI is InChI=1S/C19H25ClN2O/c1-2-23-18(22)17(6-5-13-20)15-7-9-16(10-8-15)19(14-21)11-3-4-12-19/h7-10,17,22H,2-6,11-13H2,1H3. The first-order chi connectivity index (χ1) is 11.2. The molecule has 0 spiro atoms. The quantitative estimate of drug-likeness (QED) is 0.427. The summed E-state index contributed by atoms with van der Waals surface area (Å²) in [6, 6.07) is 10.8. The first-order valence-corrected chi connectivity index (χ1v) is 8.99. The number of benzene rings is 1. The van der Waals surface area contributed by atoms with Crippen molar-refractivity contribution in [1.29, 1.82) is 10.7 Å². The first kappa shape index (κ1) is 17.8. The number of rotatable bonds is 7. The van der Waals surface area contributed by atoms with Gasteiger partial charge in [0.15, 0.2) is 5.90 Å². The number of halogens is 1. The van der Waals surface area contributed by atoms with Crippen LogP contribution in [0.25, 0.3) is 0 Å². The highest BCUT2D eigenvalue weighted by Gasteiger charge is 2.35. The van der Waals surface area contributed by atoms with Gasteiger partial charge >= 0.3 is 0 Å². The summed E-state index contributed by atoms with van der Waals surface area (Å²) in [5, 5.41) is 17.7. The SMILES string of the molecule is CCOC(=N)C(CCCCl)c1ccc(C2(C#N)CCCC2)cc1. The van der Waals surface area contributed by atoms with Crippen molar-refractivity contribution in [2.75, 3.05) is 12.5 Å². The van der Waals surface area contributed by atoms with Crippen LogP contribution in [0.1, 0.15) is 62.5 Å². The summed E-state index contributed by atoms with van der Waals surface area (Å²) in [6.07, 6.45) is 5.82. The lowest BCUT2D eigenvalue weighted by atomic mass is 9.79. The van der Waals surface area contributed by atoms with E-state index in [2.05, 4.69) is 30.3 Å². The van der Waals surface area contributed by atoms with Crippen LogP contribution in [0.4, 0.5) is 0 Å². The first-order valence-electron chi connectivity index (χ1n) is 8.45. The molecule has 0 aromatic heterocycles. The second-order valence-corrected chi connectivity index (χ2v) is 6.58. The van der Waals surface area contributed by atoms with E-state index in [0.717, 1.165) is 49.7 Å². The molecule has 4 heteroatoms. The van der Waals surface area contributed by atoms with E-state index in [1.54, 1.807) is 0 Å². The lowest BCUT2D eigenvalue weighted by molar-refractivity contribution is 0.305. The highest BCUT2D eigenvalue weighted by atomic mass is 35.5. The molecule has 1 N–H and O–H groups in total. The molecule has 2 rings (SSSR count). The van der Waals surface area contributed by atoms with Gasteiger partial charge in [-0.1, -0.05) is 37.1 Å². The maximum absolute atomic E-state index is 9.60. The largest absolute Gasteiger partial charge is 0.481 e. The van der Waals surface area contributed by atoms with Crippen molar-refractivity contribution < 1.29 is 4.74 Å². The van der Waals surface area contributed by atoms with Crippen LogP contribution in [0, 0.1) is 16.7 Å². The Balaban J connectivity index is 2.21. The van der Waals surface area contributed by atoms with Gasteiger partial charge in [-0.2, -0.15) is 5.26 Å². The fraction of sp³-hybridized carbons (Fsp3) is 0.579. The smallest absolute Gasteiger partial charge is 0.188 e. The predicted molar refractivity (Wildman–Crippen MR) is 94.2 cm³/mol. The van der Waals surface area contributed by atoms with E-state index < -0.39 is 0 Å². The Hall–Kier alpha value is -1.53. The summed E-state index contributed by atoms with van der Waals surface area (Å²) in [4.78, 5) is 0. The van der Waals surface area contributed by atoms with Crippen LogP contribution in [0.3, 0.4) is 0 Å². The second kappa shape index (κ2) is 8.36. The molecule has 1 unspecified atom stereocenters. The number of nitrogens with zero attached hydrogens (tertiary/aromatic N) is 1. The Morgan fingerprint density at radius 3 is 2.52 bits per heavy atom. The number of ether oxygens (including phenoxy) is 1. The molecule has 1 aromatic carbocycles. The van der Waals surface area contributed by atoms with Crippen LogP contribution in [-0.4, -0.2) is 18.4 Å². The molecular formula is C19H25ClN2O. The summed E-state index contributed by atoms with van der Waals surface area (Å²) in [5.74, 6) is 0.844. The Labute approximate surface area is 144 Å². The predicted octanol–water partition coefficient (Wildman–Crippen LogP) is 5.14. The zero-order chi connectivity index (χ0) is 16.7. The molecule has 1 fully saturated rings. The van der Waals surface area contributed by atoms with E-state index in [4.69, 9.17) is 21.7 Å². The van der Waals surface area contributed by atoms with Crippen LogP contribution in [0.15, 0.2) is 24.3 Å². The third kappa shape index (κ3) is 4.06. The number of nitrogens with one attached hydrogen (secondary N) is 1. The summed E-state index contributed by atoms with van der Waals surface area (Å²) in [7, 11) is 0. The zero-order valence-electron chi connectivity index (χ0n) is 13.8. The molecule has 0 bridgehead atoms. The molecule has 1 atom stereocenters.